The highest BCUT2D eigenvalue weighted by Crippen LogP contribution is 2.20. The number of hydrogen-bond donors (Lipinski definition) is 1. The molecule has 1 aliphatic rings. The Labute approximate surface area is 96.6 Å². The Bertz CT molecular complexity index is 255. The Morgan fingerprint density at radius 2 is 2.13 bits per heavy atom. The molecule has 1 saturated heterocycles. The number of carbonyl (C=O) groups is 2. The highest BCUT2D eigenvalue weighted by molar-refractivity contribution is 7.80. The molecule has 1 heterocycles. The molecule has 2 atom stereocenters. The first kappa shape index (κ1) is 12.6. The maximum atomic E-state index is 11.6. The smallest absolute Gasteiger partial charge is 0.232 e. The van der Waals surface area contributed by atoms with Gasteiger partial charge in [0, 0.05) is 18.9 Å². The Kier molecular flexibility index (Phi) is 4.64. The Balaban J connectivity index is 2.38. The van der Waals surface area contributed by atoms with Crippen LogP contribution in [0.4, 0.5) is 0 Å². The molecule has 0 N–H and O–H groups in total. The molecule has 0 bridgehead atoms. The topological polar surface area (TPSA) is 37.4 Å². The van der Waals surface area contributed by atoms with Crippen LogP contribution in [-0.2, 0) is 9.59 Å². The van der Waals surface area contributed by atoms with Crippen LogP contribution < -0.4 is 0 Å². The van der Waals surface area contributed by atoms with E-state index in [-0.39, 0.29) is 17.7 Å². The Morgan fingerprint density at radius 1 is 1.47 bits per heavy atom. The fourth-order valence-corrected chi connectivity index (χ4v) is 2.24. The summed E-state index contributed by atoms with van der Waals surface area (Å²) in [5.74, 6) is 1.26. The predicted molar refractivity (Wildman–Crippen MR) is 62.8 cm³/mol. The lowest BCUT2D eigenvalue weighted by Gasteiger charge is -2.17. The van der Waals surface area contributed by atoms with Crippen molar-refractivity contribution in [2.24, 2.45) is 11.8 Å². The predicted octanol–water partition coefficient (Wildman–Crippen LogP) is 1.73. The van der Waals surface area contributed by atoms with Crippen LogP contribution in [0, 0.1) is 11.8 Å². The summed E-state index contributed by atoms with van der Waals surface area (Å²) in [5, 5.41) is 0. The summed E-state index contributed by atoms with van der Waals surface area (Å²) in [6, 6.07) is 0. The van der Waals surface area contributed by atoms with Crippen LogP contribution in [0.2, 0.25) is 0 Å². The van der Waals surface area contributed by atoms with Crippen molar-refractivity contribution < 1.29 is 9.59 Å². The number of rotatable bonds is 5. The van der Waals surface area contributed by atoms with Crippen molar-refractivity contribution in [3.05, 3.63) is 0 Å². The maximum absolute atomic E-state index is 11.6. The number of thiol groups is 1. The van der Waals surface area contributed by atoms with E-state index < -0.39 is 0 Å². The van der Waals surface area contributed by atoms with Gasteiger partial charge in [-0.05, 0) is 24.5 Å². The van der Waals surface area contributed by atoms with Gasteiger partial charge in [-0.2, -0.15) is 12.6 Å². The van der Waals surface area contributed by atoms with E-state index in [0.717, 1.165) is 18.6 Å². The molecule has 15 heavy (non-hydrogen) atoms. The van der Waals surface area contributed by atoms with Gasteiger partial charge < -0.3 is 0 Å². The largest absolute Gasteiger partial charge is 0.282 e. The van der Waals surface area contributed by atoms with Gasteiger partial charge in [0.05, 0.1) is 0 Å². The molecule has 1 aliphatic heterocycles. The monoisotopic (exact) mass is 229 g/mol. The summed E-state index contributed by atoms with van der Waals surface area (Å²) in [7, 11) is 0. The van der Waals surface area contributed by atoms with E-state index in [4.69, 9.17) is 0 Å². The fourth-order valence-electron chi connectivity index (χ4n) is 1.80. The van der Waals surface area contributed by atoms with Crippen molar-refractivity contribution in [3.8, 4) is 0 Å². The van der Waals surface area contributed by atoms with Gasteiger partial charge in [0.15, 0.2) is 0 Å². The Morgan fingerprint density at radius 3 is 2.60 bits per heavy atom. The van der Waals surface area contributed by atoms with E-state index in [1.54, 1.807) is 0 Å². The summed E-state index contributed by atoms with van der Waals surface area (Å²) in [6.07, 6.45) is 2.32. The third kappa shape index (κ3) is 3.23. The molecule has 2 unspecified atom stereocenters. The normalized spacial score (nSPS) is 23.7. The van der Waals surface area contributed by atoms with Crippen LogP contribution in [0.25, 0.3) is 0 Å². The molecule has 0 aromatic rings. The van der Waals surface area contributed by atoms with Gasteiger partial charge in [-0.1, -0.05) is 13.8 Å². The van der Waals surface area contributed by atoms with Crippen molar-refractivity contribution >= 4 is 24.4 Å². The van der Waals surface area contributed by atoms with Crippen LogP contribution in [0.5, 0.6) is 0 Å². The van der Waals surface area contributed by atoms with Gasteiger partial charge in [0.25, 0.3) is 0 Å². The minimum atomic E-state index is -0.113. The molecule has 0 radical (unpaired) electrons. The van der Waals surface area contributed by atoms with Crippen molar-refractivity contribution in [2.45, 2.75) is 33.1 Å². The van der Waals surface area contributed by atoms with Gasteiger partial charge >= 0.3 is 0 Å². The minimum Gasteiger partial charge on any atom is -0.282 e. The van der Waals surface area contributed by atoms with Crippen molar-refractivity contribution in [1.82, 2.24) is 4.90 Å². The van der Waals surface area contributed by atoms with Crippen LogP contribution >= 0.6 is 12.6 Å². The van der Waals surface area contributed by atoms with Crippen LogP contribution in [0.15, 0.2) is 0 Å². The van der Waals surface area contributed by atoms with E-state index >= 15 is 0 Å². The number of hydrogen-bond acceptors (Lipinski definition) is 3. The first-order valence-electron chi connectivity index (χ1n) is 5.51. The van der Waals surface area contributed by atoms with Crippen LogP contribution in [0.1, 0.15) is 33.1 Å². The molecular weight excluding hydrogens is 210 g/mol. The lowest BCUT2D eigenvalue weighted by Crippen LogP contribution is -2.32. The van der Waals surface area contributed by atoms with Gasteiger partial charge in [0.2, 0.25) is 11.8 Å². The summed E-state index contributed by atoms with van der Waals surface area (Å²) in [6.45, 7) is 4.53. The summed E-state index contributed by atoms with van der Waals surface area (Å²) < 4.78 is 0. The van der Waals surface area contributed by atoms with E-state index in [1.165, 1.54) is 4.90 Å². The molecule has 1 rings (SSSR count). The molecule has 0 aliphatic carbocycles. The zero-order chi connectivity index (χ0) is 11.4. The zero-order valence-corrected chi connectivity index (χ0v) is 10.3. The summed E-state index contributed by atoms with van der Waals surface area (Å²) in [5.41, 5.74) is 0. The van der Waals surface area contributed by atoms with Crippen molar-refractivity contribution in [3.63, 3.8) is 0 Å². The molecule has 2 amide bonds. The fraction of sp³-hybridized carbons (Fsp3) is 0.818. The molecule has 3 nitrogen and oxygen atoms in total. The molecule has 0 spiro atoms. The van der Waals surface area contributed by atoms with Gasteiger partial charge in [-0.25, -0.2) is 0 Å². The van der Waals surface area contributed by atoms with Crippen LogP contribution in [-0.4, -0.2) is 29.0 Å². The number of carbonyl (C=O) groups excluding carboxylic acids is 2. The third-order valence-electron chi connectivity index (χ3n) is 2.94. The number of imide groups is 1. The van der Waals surface area contributed by atoms with E-state index in [2.05, 4.69) is 19.6 Å². The highest BCUT2D eigenvalue weighted by Gasteiger charge is 2.34. The summed E-state index contributed by atoms with van der Waals surface area (Å²) in [4.78, 5) is 24.4. The molecule has 0 saturated carbocycles. The third-order valence-corrected chi connectivity index (χ3v) is 3.20. The minimum absolute atomic E-state index is 0.00178. The second-order valence-electron chi connectivity index (χ2n) is 4.39. The number of nitrogens with zero attached hydrogens (tertiary/aromatic N) is 1. The standard InChI is InChI=1S/C11H19NO2S/c1-8(4-6-15)3-5-12-10(13)7-9(2)11(12)14/h8-9,15H,3-7H2,1-2H3. The van der Waals surface area contributed by atoms with Gasteiger partial charge in [-0.15, -0.1) is 0 Å². The van der Waals surface area contributed by atoms with E-state index in [0.29, 0.717) is 18.9 Å². The van der Waals surface area contributed by atoms with E-state index in [9.17, 15) is 9.59 Å². The average molecular weight is 229 g/mol. The molecular formula is C11H19NO2S. The van der Waals surface area contributed by atoms with Gasteiger partial charge in [0.1, 0.15) is 0 Å². The number of likely N-dealkylation sites (tertiary alicyclic amines) is 1. The Hall–Kier alpha value is -0.510. The molecule has 1 fully saturated rings. The highest BCUT2D eigenvalue weighted by atomic mass is 32.1. The SMILES string of the molecule is CC(CCS)CCN1C(=O)CC(C)C1=O. The van der Waals surface area contributed by atoms with E-state index in [1.807, 2.05) is 6.92 Å². The lowest BCUT2D eigenvalue weighted by atomic mass is 10.1. The van der Waals surface area contributed by atoms with Crippen molar-refractivity contribution in [2.75, 3.05) is 12.3 Å². The molecule has 86 valence electrons. The lowest BCUT2D eigenvalue weighted by molar-refractivity contribution is -0.139. The zero-order valence-electron chi connectivity index (χ0n) is 9.40. The van der Waals surface area contributed by atoms with Crippen molar-refractivity contribution in [1.29, 1.82) is 0 Å². The molecule has 0 aromatic heterocycles. The first-order valence-corrected chi connectivity index (χ1v) is 6.14. The average Bonchev–Trinajstić information content (AvgIpc) is 2.40. The number of amides is 2. The van der Waals surface area contributed by atoms with Gasteiger partial charge in [-0.3, -0.25) is 14.5 Å². The molecule has 0 aromatic carbocycles. The maximum Gasteiger partial charge on any atom is 0.232 e. The quantitative estimate of drug-likeness (QED) is 0.576. The first-order chi connectivity index (χ1) is 7.06. The molecule has 4 heteroatoms. The second kappa shape index (κ2) is 5.54. The second-order valence-corrected chi connectivity index (χ2v) is 4.84. The summed E-state index contributed by atoms with van der Waals surface area (Å²) >= 11 is 4.16. The van der Waals surface area contributed by atoms with Crippen LogP contribution in [0.3, 0.4) is 0 Å².